The number of hydrogen-bond donors (Lipinski definition) is 0. The normalized spacial score (nSPS) is 25.6. The molecule has 0 nitrogen and oxygen atoms in total. The molecule has 0 aliphatic carbocycles. The third kappa shape index (κ3) is 1.96. The molecule has 0 N–H and O–H groups in total. The van der Waals surface area contributed by atoms with Gasteiger partial charge in [0, 0.05) is 18.9 Å². The zero-order valence-electron chi connectivity index (χ0n) is 5.27. The second-order valence-electron chi connectivity index (χ2n) is 1.78. The average Bonchev–Trinajstić information content (AvgIpc) is 1.84. The number of allylic oxidation sites excluding steroid dienone is 1. The van der Waals surface area contributed by atoms with E-state index in [1.165, 1.54) is 0 Å². The Balaban J connectivity index is 0.000001000. The van der Waals surface area contributed by atoms with Gasteiger partial charge in [0.15, 0.2) is 0 Å². The molecule has 0 bridgehead atoms. The van der Waals surface area contributed by atoms with E-state index in [0.717, 1.165) is 0 Å². The maximum absolute atomic E-state index is 5.78. The van der Waals surface area contributed by atoms with E-state index < -0.39 is 18.5 Å². The van der Waals surface area contributed by atoms with Crippen molar-refractivity contribution in [1.82, 2.24) is 0 Å². The monoisotopic (exact) mass is 373 g/mol. The van der Waals surface area contributed by atoms with Crippen LogP contribution in [0.3, 0.4) is 0 Å². The van der Waals surface area contributed by atoms with Crippen LogP contribution in [0.4, 0.5) is 0 Å². The fourth-order valence-corrected chi connectivity index (χ4v) is 12.9. The molecule has 59 valence electrons. The molecular formula is C3Cl6LiSn. The van der Waals surface area contributed by atoms with E-state index in [4.69, 9.17) is 64.2 Å². The van der Waals surface area contributed by atoms with Crippen LogP contribution in [0.1, 0.15) is 0 Å². The van der Waals surface area contributed by atoms with E-state index in [1.54, 1.807) is 0 Å². The third-order valence-corrected chi connectivity index (χ3v) is 24.6. The van der Waals surface area contributed by atoms with Crippen molar-refractivity contribution in [3.8, 4) is 0 Å². The molecule has 1 radical (unpaired) electrons. The van der Waals surface area contributed by atoms with Gasteiger partial charge in [0.05, 0.1) is 0 Å². The number of rotatable bonds is 0. The Morgan fingerprint density at radius 3 is 1.55 bits per heavy atom. The molecule has 0 spiro atoms. The molecule has 1 aliphatic heterocycles. The first kappa shape index (κ1) is 13.9. The minimum Gasteiger partial charge on any atom is 0 e. The van der Waals surface area contributed by atoms with Crippen LogP contribution in [0.25, 0.3) is 0 Å². The molecule has 0 aromatic heterocycles. The fourth-order valence-electron chi connectivity index (χ4n) is 0.489. The summed E-state index contributed by atoms with van der Waals surface area (Å²) in [6, 6.07) is 0. The summed E-state index contributed by atoms with van der Waals surface area (Å²) in [5.74, 6) is 0. The van der Waals surface area contributed by atoms with E-state index in [0.29, 0.717) is 3.05 Å². The van der Waals surface area contributed by atoms with E-state index in [2.05, 4.69) is 0 Å². The number of alkyl halides is 2. The van der Waals surface area contributed by atoms with Crippen LogP contribution < -0.4 is 0 Å². The van der Waals surface area contributed by atoms with Gasteiger partial charge in [-0.2, -0.15) is 0 Å². The number of hydrogen-bond acceptors (Lipinski definition) is 0. The van der Waals surface area contributed by atoms with Crippen molar-refractivity contribution in [3.63, 3.8) is 0 Å². The Bertz CT molecular complexity index is 188. The molecule has 1 heterocycles. The predicted octanol–water partition coefficient (Wildman–Crippen LogP) is 3.48. The van der Waals surface area contributed by atoms with Crippen molar-refractivity contribution in [3.05, 3.63) is 8.08 Å². The van der Waals surface area contributed by atoms with E-state index in [9.17, 15) is 0 Å². The molecular weight excluding hydrogens is 374 g/mol. The standard InChI is InChI=1S/C3Cl4.2ClH.Li.Sn/c4-1-2(5)3(6)7;;;;/h;2*1H;;/q;;;;+2/p-2. The SMILES string of the molecule is ClC1=[C](Cl)[Sn]([Cl])([Cl])[C]1(Cl)Cl.[Li]. The first-order valence-corrected chi connectivity index (χ1v) is 13.7. The quantitative estimate of drug-likeness (QED) is 0.450. The third-order valence-electron chi connectivity index (χ3n) is 1.14. The van der Waals surface area contributed by atoms with Crippen molar-refractivity contribution < 1.29 is 0 Å². The van der Waals surface area contributed by atoms with Gasteiger partial charge in [-0.05, 0) is 0 Å². The summed E-state index contributed by atoms with van der Waals surface area (Å²) >= 11 is 18.9. The van der Waals surface area contributed by atoms with Gasteiger partial charge in [0.2, 0.25) is 0 Å². The van der Waals surface area contributed by atoms with Gasteiger partial charge in [-0.25, -0.2) is 0 Å². The molecule has 0 aromatic rings. The first-order chi connectivity index (χ1) is 4.32. The van der Waals surface area contributed by atoms with Crippen LogP contribution >= 0.6 is 64.2 Å². The van der Waals surface area contributed by atoms with Gasteiger partial charge in [-0.15, -0.1) is 0 Å². The fraction of sp³-hybridized carbons (Fsp3) is 0.333. The molecule has 11 heavy (non-hydrogen) atoms. The summed E-state index contributed by atoms with van der Waals surface area (Å²) in [4.78, 5) is 0. The van der Waals surface area contributed by atoms with Crippen LogP contribution in [0, 0.1) is 0 Å². The summed E-state index contributed by atoms with van der Waals surface area (Å²) in [7, 11) is 11.6. The van der Waals surface area contributed by atoms with E-state index in [-0.39, 0.29) is 23.9 Å². The van der Waals surface area contributed by atoms with Crippen molar-refractivity contribution in [2.24, 2.45) is 0 Å². The second kappa shape index (κ2) is 4.17. The molecule has 1 rings (SSSR count). The molecule has 1 aliphatic rings. The topological polar surface area (TPSA) is 0 Å². The van der Waals surface area contributed by atoms with Crippen LogP contribution in [0.5, 0.6) is 0 Å². The molecule has 0 atom stereocenters. The Labute approximate surface area is 108 Å². The minimum atomic E-state index is -3.57. The molecule has 8 heteroatoms. The van der Waals surface area contributed by atoms with E-state index >= 15 is 0 Å². The Hall–Kier alpha value is 2.88. The number of halogens is 6. The molecule has 0 amide bonds. The summed E-state index contributed by atoms with van der Waals surface area (Å²) in [5, 5.41) is 0.179. The maximum Gasteiger partial charge on any atom is 0 e. The zero-order chi connectivity index (χ0) is 8.15. The summed E-state index contributed by atoms with van der Waals surface area (Å²) in [6.45, 7) is 0. The molecule has 0 fully saturated rings. The average molecular weight is 374 g/mol. The second-order valence-corrected chi connectivity index (χ2v) is 22.3. The van der Waals surface area contributed by atoms with Gasteiger partial charge >= 0.3 is 90.8 Å². The van der Waals surface area contributed by atoms with Gasteiger partial charge in [-0.3, -0.25) is 0 Å². The van der Waals surface area contributed by atoms with Gasteiger partial charge in [0.25, 0.3) is 0 Å². The summed E-state index contributed by atoms with van der Waals surface area (Å²) in [6.07, 6.45) is 0. The Morgan fingerprint density at radius 1 is 1.09 bits per heavy atom. The maximum atomic E-state index is 5.78. The predicted molar refractivity (Wildman–Crippen MR) is 56.4 cm³/mol. The minimum absolute atomic E-state index is 0. The Morgan fingerprint density at radius 2 is 1.45 bits per heavy atom. The zero-order valence-corrected chi connectivity index (χ0v) is 12.7. The van der Waals surface area contributed by atoms with Crippen molar-refractivity contribution in [2.45, 2.75) is 2.35 Å². The molecule has 0 saturated carbocycles. The molecule has 0 unspecified atom stereocenters. The smallest absolute Gasteiger partial charge is 0 e. The van der Waals surface area contributed by atoms with Crippen LogP contribution in [-0.2, 0) is 0 Å². The largest absolute Gasteiger partial charge is 0 e. The van der Waals surface area contributed by atoms with Gasteiger partial charge < -0.3 is 0 Å². The van der Waals surface area contributed by atoms with E-state index in [1.807, 2.05) is 0 Å². The van der Waals surface area contributed by atoms with Crippen molar-refractivity contribution >= 4 is 99.2 Å². The molecule has 0 aromatic carbocycles. The van der Waals surface area contributed by atoms with Crippen LogP contribution in [-0.4, -0.2) is 37.3 Å². The van der Waals surface area contributed by atoms with Crippen LogP contribution in [0.15, 0.2) is 8.08 Å². The van der Waals surface area contributed by atoms with Crippen molar-refractivity contribution in [2.75, 3.05) is 0 Å². The summed E-state index contributed by atoms with van der Waals surface area (Å²) in [5.41, 5.74) is 0. The summed E-state index contributed by atoms with van der Waals surface area (Å²) < 4.78 is -0.958. The van der Waals surface area contributed by atoms with Gasteiger partial charge in [-0.1, -0.05) is 0 Å². The van der Waals surface area contributed by atoms with Gasteiger partial charge in [0.1, 0.15) is 0 Å². The van der Waals surface area contributed by atoms with Crippen molar-refractivity contribution in [1.29, 1.82) is 0 Å². The van der Waals surface area contributed by atoms with Crippen LogP contribution in [0.2, 0.25) is 0 Å². The first-order valence-electron chi connectivity index (χ1n) is 2.13. The Kier molecular flexibility index (Phi) is 5.26. The molecule has 0 saturated heterocycles.